The average molecular weight is 660 g/mol. The number of aromatic nitrogens is 3. The van der Waals surface area contributed by atoms with Gasteiger partial charge in [-0.2, -0.15) is 21.6 Å². The molecule has 0 saturated carbocycles. The Bertz CT molecular complexity index is 2450. The van der Waals surface area contributed by atoms with Crippen molar-refractivity contribution in [1.29, 1.82) is 0 Å². The maximum atomic E-state index is 13.5. The Hall–Kier alpha value is -5.56. The molecule has 0 spiro atoms. The third kappa shape index (κ3) is 4.73. The number of benzene rings is 5. The molecule has 47 heavy (non-hydrogen) atoms. The standard InChI is InChI=1S/C34H24F3N3O6S/c1-43-27-17-19(18-28(44-2)32(27)45-3)40-31-23-12-7-5-10-21(23)20-9-4-6-11-22(20)30(31)39-33(40)24-13-8-14-25-29(24)26(15-16-38-25)46-47(41,42)34(35,36)37/h4-18H,1-3H3. The molecule has 9 nitrogen and oxygen atoms in total. The van der Waals surface area contributed by atoms with Gasteiger partial charge in [0.1, 0.15) is 5.82 Å². The highest BCUT2D eigenvalue weighted by Gasteiger charge is 2.49. The first-order chi connectivity index (χ1) is 22.6. The van der Waals surface area contributed by atoms with Crippen LogP contribution >= 0.6 is 0 Å². The van der Waals surface area contributed by atoms with Crippen molar-refractivity contribution in [3.05, 3.63) is 91.1 Å². The van der Waals surface area contributed by atoms with E-state index in [1.54, 1.807) is 30.3 Å². The van der Waals surface area contributed by atoms with Crippen molar-refractivity contribution in [2.75, 3.05) is 21.3 Å². The van der Waals surface area contributed by atoms with Crippen LogP contribution in [0.2, 0.25) is 0 Å². The van der Waals surface area contributed by atoms with Gasteiger partial charge in [0.05, 0.1) is 49.0 Å². The Kier molecular flexibility index (Phi) is 7.08. The van der Waals surface area contributed by atoms with Gasteiger partial charge in [0, 0.05) is 40.7 Å². The first kappa shape index (κ1) is 30.1. The van der Waals surface area contributed by atoms with Crippen molar-refractivity contribution in [2.45, 2.75) is 5.51 Å². The molecule has 0 fully saturated rings. The zero-order valence-corrected chi connectivity index (χ0v) is 25.8. The normalized spacial score (nSPS) is 12.2. The molecule has 0 bridgehead atoms. The molecule has 0 aliphatic heterocycles. The van der Waals surface area contributed by atoms with Crippen LogP contribution in [0.4, 0.5) is 13.2 Å². The van der Waals surface area contributed by atoms with Crippen molar-refractivity contribution >= 4 is 53.6 Å². The van der Waals surface area contributed by atoms with Gasteiger partial charge < -0.3 is 18.4 Å². The summed E-state index contributed by atoms with van der Waals surface area (Å²) in [4.78, 5) is 9.43. The van der Waals surface area contributed by atoms with Gasteiger partial charge in [-0.3, -0.25) is 9.55 Å². The second-order valence-corrected chi connectivity index (χ2v) is 12.0. The fourth-order valence-corrected chi connectivity index (χ4v) is 6.40. The van der Waals surface area contributed by atoms with Crippen molar-refractivity contribution in [3.63, 3.8) is 0 Å². The molecule has 7 rings (SSSR count). The molecule has 2 aromatic heterocycles. The molecule has 0 saturated heterocycles. The topological polar surface area (TPSA) is 102 Å². The van der Waals surface area contributed by atoms with Crippen molar-refractivity contribution in [2.24, 2.45) is 0 Å². The predicted molar refractivity (Wildman–Crippen MR) is 172 cm³/mol. The summed E-state index contributed by atoms with van der Waals surface area (Å²) < 4.78 is 88.3. The number of alkyl halides is 3. The van der Waals surface area contributed by atoms with Crippen LogP contribution in [0.25, 0.3) is 60.6 Å². The Balaban J connectivity index is 1.67. The quantitative estimate of drug-likeness (QED) is 0.0971. The van der Waals surface area contributed by atoms with E-state index in [1.807, 2.05) is 53.1 Å². The lowest BCUT2D eigenvalue weighted by molar-refractivity contribution is -0.0499. The summed E-state index contributed by atoms with van der Waals surface area (Å²) in [6, 6.07) is 24.9. The van der Waals surface area contributed by atoms with Gasteiger partial charge in [0.25, 0.3) is 0 Å². The predicted octanol–water partition coefficient (Wildman–Crippen LogP) is 7.80. The second-order valence-electron chi connectivity index (χ2n) is 10.4. The van der Waals surface area contributed by atoms with Crippen LogP contribution in [-0.2, 0) is 10.1 Å². The Labute approximate surface area is 265 Å². The van der Waals surface area contributed by atoms with Crippen LogP contribution in [0.15, 0.2) is 91.1 Å². The smallest absolute Gasteiger partial charge is 0.493 e. The molecular weight excluding hydrogens is 635 g/mol. The monoisotopic (exact) mass is 659 g/mol. The van der Waals surface area contributed by atoms with Crippen LogP contribution in [0.1, 0.15) is 0 Å². The second kappa shape index (κ2) is 11.1. The van der Waals surface area contributed by atoms with E-state index < -0.39 is 21.4 Å². The number of rotatable bonds is 7. The molecule has 0 N–H and O–H groups in total. The summed E-state index contributed by atoms with van der Waals surface area (Å²) in [7, 11) is -1.56. The minimum Gasteiger partial charge on any atom is -0.493 e. The molecule has 2 heterocycles. The van der Waals surface area contributed by atoms with E-state index in [0.717, 1.165) is 27.6 Å². The van der Waals surface area contributed by atoms with Crippen LogP contribution in [0, 0.1) is 0 Å². The van der Waals surface area contributed by atoms with Crippen molar-refractivity contribution in [1.82, 2.24) is 14.5 Å². The lowest BCUT2D eigenvalue weighted by Gasteiger charge is -2.18. The summed E-state index contributed by atoms with van der Waals surface area (Å²) >= 11 is 0. The van der Waals surface area contributed by atoms with Gasteiger partial charge in [0.15, 0.2) is 17.2 Å². The minimum absolute atomic E-state index is 0.0143. The van der Waals surface area contributed by atoms with E-state index in [-0.39, 0.29) is 22.3 Å². The van der Waals surface area contributed by atoms with E-state index >= 15 is 0 Å². The molecular formula is C34H24F3N3O6S. The number of halogens is 3. The number of fused-ring (bicyclic) bond motifs is 7. The number of imidazole rings is 1. The average Bonchev–Trinajstić information content (AvgIpc) is 3.48. The molecule has 0 amide bonds. The number of pyridine rings is 1. The van der Waals surface area contributed by atoms with Crippen LogP contribution in [0.3, 0.4) is 0 Å². The summed E-state index contributed by atoms with van der Waals surface area (Å²) in [6.45, 7) is 0. The highest BCUT2D eigenvalue weighted by Crippen LogP contribution is 2.45. The zero-order valence-electron chi connectivity index (χ0n) is 25.0. The third-order valence-electron chi connectivity index (χ3n) is 7.89. The van der Waals surface area contributed by atoms with Gasteiger partial charge in [0.2, 0.25) is 5.75 Å². The Morgan fingerprint density at radius 1 is 0.723 bits per heavy atom. The number of nitrogens with zero attached hydrogens (tertiary/aromatic N) is 3. The van der Waals surface area contributed by atoms with E-state index in [2.05, 4.69) is 4.98 Å². The highest BCUT2D eigenvalue weighted by molar-refractivity contribution is 7.88. The maximum absolute atomic E-state index is 13.5. The molecule has 238 valence electrons. The molecule has 0 unspecified atom stereocenters. The number of methoxy groups -OCH3 is 3. The number of hydrogen-bond acceptors (Lipinski definition) is 8. The highest BCUT2D eigenvalue weighted by atomic mass is 32.2. The maximum Gasteiger partial charge on any atom is 0.534 e. The molecule has 13 heteroatoms. The Morgan fingerprint density at radius 3 is 1.96 bits per heavy atom. The van der Waals surface area contributed by atoms with E-state index in [1.165, 1.54) is 27.5 Å². The lowest BCUT2D eigenvalue weighted by Crippen LogP contribution is -2.28. The van der Waals surface area contributed by atoms with Crippen LogP contribution in [-0.4, -0.2) is 49.8 Å². The molecule has 0 aliphatic carbocycles. The van der Waals surface area contributed by atoms with E-state index in [4.69, 9.17) is 23.4 Å². The number of hydrogen-bond donors (Lipinski definition) is 0. The summed E-state index contributed by atoms with van der Waals surface area (Å²) in [5.74, 6) is 0.756. The van der Waals surface area contributed by atoms with Gasteiger partial charge in [-0.1, -0.05) is 60.7 Å². The van der Waals surface area contributed by atoms with Gasteiger partial charge in [-0.05, 0) is 16.8 Å². The fraction of sp³-hybridized carbons (Fsp3) is 0.118. The zero-order chi connectivity index (χ0) is 33.1. The third-order valence-corrected chi connectivity index (χ3v) is 8.86. The summed E-state index contributed by atoms with van der Waals surface area (Å²) in [6.07, 6.45) is 1.18. The largest absolute Gasteiger partial charge is 0.534 e. The van der Waals surface area contributed by atoms with Crippen molar-refractivity contribution in [3.8, 4) is 40.1 Å². The van der Waals surface area contributed by atoms with Gasteiger partial charge in [-0.25, -0.2) is 4.98 Å². The minimum atomic E-state index is -6.01. The molecule has 0 radical (unpaired) electrons. The molecule has 7 aromatic rings. The van der Waals surface area contributed by atoms with E-state index in [0.29, 0.717) is 34.0 Å². The fourth-order valence-electron chi connectivity index (χ4n) is 5.93. The Morgan fingerprint density at radius 2 is 1.34 bits per heavy atom. The lowest BCUT2D eigenvalue weighted by atomic mass is 10.00. The van der Waals surface area contributed by atoms with Gasteiger partial charge >= 0.3 is 15.6 Å². The van der Waals surface area contributed by atoms with E-state index in [9.17, 15) is 21.6 Å². The molecule has 0 atom stereocenters. The van der Waals surface area contributed by atoms with Gasteiger partial charge in [-0.15, -0.1) is 0 Å². The van der Waals surface area contributed by atoms with Crippen LogP contribution < -0.4 is 18.4 Å². The summed E-state index contributed by atoms with van der Waals surface area (Å²) in [5.41, 5.74) is -3.41. The van der Waals surface area contributed by atoms with Crippen molar-refractivity contribution < 1.29 is 40.0 Å². The van der Waals surface area contributed by atoms with Crippen LogP contribution in [0.5, 0.6) is 23.0 Å². The first-order valence-corrected chi connectivity index (χ1v) is 15.5. The first-order valence-electron chi connectivity index (χ1n) is 14.1. The molecule has 5 aromatic carbocycles. The number of ether oxygens (including phenoxy) is 3. The molecule has 0 aliphatic rings. The summed E-state index contributed by atoms with van der Waals surface area (Å²) in [5, 5.41) is 3.55. The SMILES string of the molecule is COc1cc(-n2c(-c3cccc4nccc(OS(=O)(=O)C(F)(F)F)c34)nc3c4ccccc4c4ccccc4c32)cc(OC)c1OC.